The van der Waals surface area contributed by atoms with Crippen molar-refractivity contribution in [2.75, 3.05) is 19.7 Å². The Labute approximate surface area is 169 Å². The van der Waals surface area contributed by atoms with Crippen LogP contribution in [0.4, 0.5) is 0 Å². The highest BCUT2D eigenvalue weighted by Gasteiger charge is 2.35. The van der Waals surface area contributed by atoms with Gasteiger partial charge in [0.2, 0.25) is 10.0 Å². The van der Waals surface area contributed by atoms with Crippen molar-refractivity contribution in [3.8, 4) is 5.75 Å². The number of sulfonamides is 1. The van der Waals surface area contributed by atoms with Crippen LogP contribution in [0.15, 0.2) is 52.3 Å². The van der Waals surface area contributed by atoms with E-state index >= 15 is 0 Å². The molecule has 0 aliphatic carbocycles. The number of aryl methyl sites for hydroxylation is 1. The van der Waals surface area contributed by atoms with E-state index in [0.717, 1.165) is 11.9 Å². The molecule has 0 N–H and O–H groups in total. The number of hydrogen-bond acceptors (Lipinski definition) is 5. The average Bonchev–Trinajstić information content (AvgIpc) is 3.31. The standard InChI is InChI=1S/C20H24N4O4S/c1-3-13-28-16-6-8-17(9-7-16)29(26,27)23-12-10-15(14-23)24-19-18(5-4-11-21-19)22(2)20(24)25/h4-9,11,15H,3,10,12-14H2,1-2H3/t15-/m1/s1. The van der Waals surface area contributed by atoms with Gasteiger partial charge in [0, 0.05) is 26.3 Å². The SMILES string of the molecule is CCCOc1ccc(S(=O)(=O)N2CC[C@@H](n3c(=O)n(C)c4cccnc43)C2)cc1. The van der Waals surface area contributed by atoms with Crippen LogP contribution in [0.1, 0.15) is 25.8 Å². The van der Waals surface area contributed by atoms with Gasteiger partial charge in [-0.15, -0.1) is 0 Å². The molecule has 0 saturated carbocycles. The number of imidazole rings is 1. The molecule has 154 valence electrons. The largest absolute Gasteiger partial charge is 0.494 e. The highest BCUT2D eigenvalue weighted by Crippen LogP contribution is 2.29. The Bertz CT molecular complexity index is 1180. The highest BCUT2D eigenvalue weighted by atomic mass is 32.2. The fourth-order valence-electron chi connectivity index (χ4n) is 3.74. The molecule has 2 aromatic heterocycles. The summed E-state index contributed by atoms with van der Waals surface area (Å²) in [6.45, 7) is 3.20. The Balaban J connectivity index is 1.58. The third-order valence-electron chi connectivity index (χ3n) is 5.27. The molecule has 0 spiro atoms. The maximum atomic E-state index is 13.1. The van der Waals surface area contributed by atoms with E-state index in [1.807, 2.05) is 13.0 Å². The second-order valence-corrected chi connectivity index (χ2v) is 9.12. The molecule has 1 aliphatic rings. The zero-order chi connectivity index (χ0) is 20.6. The summed E-state index contributed by atoms with van der Waals surface area (Å²) in [4.78, 5) is 17.3. The quantitative estimate of drug-likeness (QED) is 0.615. The van der Waals surface area contributed by atoms with Gasteiger partial charge in [0.05, 0.1) is 23.1 Å². The second kappa shape index (κ2) is 7.64. The number of hydrogen-bond donors (Lipinski definition) is 0. The minimum Gasteiger partial charge on any atom is -0.494 e. The molecule has 4 rings (SSSR count). The molecule has 0 amide bonds. The van der Waals surface area contributed by atoms with E-state index in [1.54, 1.807) is 52.7 Å². The first kappa shape index (κ1) is 19.7. The van der Waals surface area contributed by atoms with E-state index in [9.17, 15) is 13.2 Å². The van der Waals surface area contributed by atoms with Crippen molar-refractivity contribution in [3.05, 3.63) is 53.1 Å². The van der Waals surface area contributed by atoms with Crippen molar-refractivity contribution in [1.82, 2.24) is 18.4 Å². The lowest BCUT2D eigenvalue weighted by molar-refractivity contribution is 0.317. The first-order valence-corrected chi connectivity index (χ1v) is 11.1. The average molecular weight is 417 g/mol. The van der Waals surface area contributed by atoms with Gasteiger partial charge in [-0.3, -0.25) is 9.13 Å². The minimum absolute atomic E-state index is 0.180. The zero-order valence-corrected chi connectivity index (χ0v) is 17.3. The third kappa shape index (κ3) is 3.44. The zero-order valence-electron chi connectivity index (χ0n) is 16.5. The van der Waals surface area contributed by atoms with Crippen LogP contribution in [0.2, 0.25) is 0 Å². The highest BCUT2D eigenvalue weighted by molar-refractivity contribution is 7.89. The number of ether oxygens (including phenoxy) is 1. The minimum atomic E-state index is -3.64. The van der Waals surface area contributed by atoms with E-state index in [-0.39, 0.29) is 23.2 Å². The molecular formula is C20H24N4O4S. The maximum Gasteiger partial charge on any atom is 0.330 e. The van der Waals surface area contributed by atoms with Crippen LogP contribution in [-0.4, -0.2) is 46.5 Å². The molecule has 9 heteroatoms. The molecule has 1 atom stereocenters. The van der Waals surface area contributed by atoms with Crippen molar-refractivity contribution >= 4 is 21.2 Å². The molecule has 29 heavy (non-hydrogen) atoms. The van der Waals surface area contributed by atoms with Crippen molar-refractivity contribution < 1.29 is 13.2 Å². The van der Waals surface area contributed by atoms with Gasteiger partial charge >= 0.3 is 5.69 Å². The van der Waals surface area contributed by atoms with Crippen molar-refractivity contribution in [2.24, 2.45) is 7.05 Å². The lowest BCUT2D eigenvalue weighted by atomic mass is 10.2. The van der Waals surface area contributed by atoms with Gasteiger partial charge in [-0.1, -0.05) is 6.92 Å². The summed E-state index contributed by atoms with van der Waals surface area (Å²) >= 11 is 0. The number of rotatable bonds is 6. The fourth-order valence-corrected chi connectivity index (χ4v) is 5.23. The first-order valence-electron chi connectivity index (χ1n) is 9.68. The van der Waals surface area contributed by atoms with E-state index in [1.165, 1.54) is 4.31 Å². The lowest BCUT2D eigenvalue weighted by Crippen LogP contribution is -2.31. The van der Waals surface area contributed by atoms with E-state index in [4.69, 9.17) is 4.74 Å². The predicted octanol–water partition coefficient (Wildman–Crippen LogP) is 2.16. The van der Waals surface area contributed by atoms with Gasteiger partial charge < -0.3 is 4.74 Å². The van der Waals surface area contributed by atoms with Gasteiger partial charge in [-0.2, -0.15) is 4.31 Å². The summed E-state index contributed by atoms with van der Waals surface area (Å²) in [6.07, 6.45) is 3.09. The number of pyridine rings is 1. The van der Waals surface area contributed by atoms with Crippen molar-refractivity contribution in [1.29, 1.82) is 0 Å². The van der Waals surface area contributed by atoms with Gasteiger partial charge in [-0.05, 0) is 49.2 Å². The van der Waals surface area contributed by atoms with Crippen LogP contribution in [0.3, 0.4) is 0 Å². The Kier molecular flexibility index (Phi) is 5.18. The number of aromatic nitrogens is 3. The van der Waals surface area contributed by atoms with E-state index in [0.29, 0.717) is 31.0 Å². The Morgan fingerprint density at radius 1 is 1.21 bits per heavy atom. The summed E-state index contributed by atoms with van der Waals surface area (Å²) in [7, 11) is -1.94. The van der Waals surface area contributed by atoms with Crippen LogP contribution < -0.4 is 10.4 Å². The van der Waals surface area contributed by atoms with Gasteiger partial charge in [0.25, 0.3) is 0 Å². The summed E-state index contributed by atoms with van der Waals surface area (Å²) in [6, 6.07) is 9.86. The predicted molar refractivity (Wildman–Crippen MR) is 110 cm³/mol. The molecule has 1 aliphatic heterocycles. The molecule has 0 radical (unpaired) electrons. The van der Waals surface area contributed by atoms with Crippen LogP contribution >= 0.6 is 0 Å². The summed E-state index contributed by atoms with van der Waals surface area (Å²) < 4.78 is 36.3. The van der Waals surface area contributed by atoms with Gasteiger partial charge in [0.15, 0.2) is 5.65 Å². The first-order chi connectivity index (χ1) is 13.9. The Morgan fingerprint density at radius 3 is 2.69 bits per heavy atom. The number of nitrogens with zero attached hydrogens (tertiary/aromatic N) is 4. The second-order valence-electron chi connectivity index (χ2n) is 7.18. The van der Waals surface area contributed by atoms with Gasteiger partial charge in [0.1, 0.15) is 5.75 Å². The van der Waals surface area contributed by atoms with Crippen molar-refractivity contribution in [3.63, 3.8) is 0 Å². The lowest BCUT2D eigenvalue weighted by Gasteiger charge is -2.17. The van der Waals surface area contributed by atoms with E-state index < -0.39 is 10.0 Å². The smallest absolute Gasteiger partial charge is 0.330 e. The number of fused-ring (bicyclic) bond motifs is 1. The molecule has 3 heterocycles. The molecule has 3 aromatic rings. The molecule has 1 saturated heterocycles. The van der Waals surface area contributed by atoms with Gasteiger partial charge in [-0.25, -0.2) is 18.2 Å². The summed E-state index contributed by atoms with van der Waals surface area (Å²) in [5, 5.41) is 0. The van der Waals surface area contributed by atoms with Crippen LogP contribution in [-0.2, 0) is 17.1 Å². The maximum absolute atomic E-state index is 13.1. The number of benzene rings is 1. The molecule has 1 fully saturated rings. The Morgan fingerprint density at radius 2 is 1.97 bits per heavy atom. The molecule has 0 unspecified atom stereocenters. The van der Waals surface area contributed by atoms with Crippen LogP contribution in [0.5, 0.6) is 5.75 Å². The summed E-state index contributed by atoms with van der Waals surface area (Å²) in [5.74, 6) is 0.651. The molecule has 8 nitrogen and oxygen atoms in total. The van der Waals surface area contributed by atoms with Crippen LogP contribution in [0.25, 0.3) is 11.2 Å². The third-order valence-corrected chi connectivity index (χ3v) is 7.15. The topological polar surface area (TPSA) is 86.4 Å². The molecular weight excluding hydrogens is 392 g/mol. The van der Waals surface area contributed by atoms with Crippen LogP contribution in [0, 0.1) is 0 Å². The Hall–Kier alpha value is -2.65. The monoisotopic (exact) mass is 416 g/mol. The normalized spacial score (nSPS) is 17.8. The molecule has 0 bridgehead atoms. The molecule has 1 aromatic carbocycles. The van der Waals surface area contributed by atoms with Crippen molar-refractivity contribution in [2.45, 2.75) is 30.7 Å². The fraction of sp³-hybridized carbons (Fsp3) is 0.400. The van der Waals surface area contributed by atoms with E-state index in [2.05, 4.69) is 4.98 Å². The summed E-state index contributed by atoms with van der Waals surface area (Å²) in [5.41, 5.74) is 1.14.